The lowest BCUT2D eigenvalue weighted by Crippen LogP contribution is -2.16. The first-order chi connectivity index (χ1) is 7.36. The second-order valence-electron chi connectivity index (χ2n) is 4.89. The highest BCUT2D eigenvalue weighted by molar-refractivity contribution is 5.44. The SMILES string of the molecule is OC1CCCc2ccc3c(c21)CCCC3. The molecule has 1 unspecified atom stereocenters. The molecule has 1 nitrogen and oxygen atoms in total. The van der Waals surface area contributed by atoms with E-state index in [4.69, 9.17) is 0 Å². The van der Waals surface area contributed by atoms with Gasteiger partial charge in [0.1, 0.15) is 0 Å². The van der Waals surface area contributed by atoms with Gasteiger partial charge in [-0.05, 0) is 67.2 Å². The molecule has 1 heteroatoms. The van der Waals surface area contributed by atoms with Crippen LogP contribution in [0.5, 0.6) is 0 Å². The van der Waals surface area contributed by atoms with Crippen molar-refractivity contribution in [3.05, 3.63) is 34.4 Å². The average Bonchev–Trinajstić information content (AvgIpc) is 2.29. The Morgan fingerprint density at radius 1 is 0.933 bits per heavy atom. The van der Waals surface area contributed by atoms with Crippen molar-refractivity contribution < 1.29 is 5.11 Å². The molecule has 3 rings (SSSR count). The van der Waals surface area contributed by atoms with Crippen LogP contribution in [0.4, 0.5) is 0 Å². The highest BCUT2D eigenvalue weighted by Crippen LogP contribution is 2.36. The number of hydrogen-bond donors (Lipinski definition) is 1. The quantitative estimate of drug-likeness (QED) is 0.685. The predicted molar refractivity (Wildman–Crippen MR) is 61.0 cm³/mol. The molecule has 1 atom stereocenters. The minimum absolute atomic E-state index is 0.179. The van der Waals surface area contributed by atoms with Gasteiger partial charge in [0, 0.05) is 0 Å². The van der Waals surface area contributed by atoms with Crippen molar-refractivity contribution in [1.82, 2.24) is 0 Å². The van der Waals surface area contributed by atoms with Crippen LogP contribution in [0.25, 0.3) is 0 Å². The molecule has 0 amide bonds. The summed E-state index contributed by atoms with van der Waals surface area (Å²) in [7, 11) is 0. The van der Waals surface area contributed by atoms with Crippen molar-refractivity contribution in [1.29, 1.82) is 0 Å². The number of rotatable bonds is 0. The van der Waals surface area contributed by atoms with E-state index >= 15 is 0 Å². The highest BCUT2D eigenvalue weighted by Gasteiger charge is 2.24. The maximum atomic E-state index is 10.1. The molecule has 15 heavy (non-hydrogen) atoms. The van der Waals surface area contributed by atoms with E-state index < -0.39 is 0 Å². The zero-order valence-electron chi connectivity index (χ0n) is 9.13. The minimum atomic E-state index is -0.179. The average molecular weight is 202 g/mol. The smallest absolute Gasteiger partial charge is 0.0795 e. The van der Waals surface area contributed by atoms with Crippen molar-refractivity contribution in [2.45, 2.75) is 51.0 Å². The van der Waals surface area contributed by atoms with E-state index in [-0.39, 0.29) is 6.10 Å². The molecule has 2 aliphatic carbocycles. The van der Waals surface area contributed by atoms with Gasteiger partial charge in [-0.25, -0.2) is 0 Å². The predicted octanol–water partition coefficient (Wildman–Crippen LogP) is 2.94. The van der Waals surface area contributed by atoms with E-state index in [0.29, 0.717) is 0 Å². The molecule has 1 aromatic rings. The number of fused-ring (bicyclic) bond motifs is 3. The van der Waals surface area contributed by atoms with E-state index in [2.05, 4.69) is 12.1 Å². The Morgan fingerprint density at radius 3 is 2.60 bits per heavy atom. The van der Waals surface area contributed by atoms with Crippen molar-refractivity contribution in [2.75, 3.05) is 0 Å². The van der Waals surface area contributed by atoms with Crippen molar-refractivity contribution in [3.8, 4) is 0 Å². The summed E-state index contributed by atoms with van der Waals surface area (Å²) in [5.74, 6) is 0. The number of aliphatic hydroxyl groups is 1. The topological polar surface area (TPSA) is 20.2 Å². The molecule has 0 bridgehead atoms. The van der Waals surface area contributed by atoms with Gasteiger partial charge < -0.3 is 5.11 Å². The molecular weight excluding hydrogens is 184 g/mol. The molecular formula is C14H18O. The van der Waals surface area contributed by atoms with Gasteiger partial charge in [0.25, 0.3) is 0 Å². The molecule has 0 aromatic heterocycles. The Morgan fingerprint density at radius 2 is 1.67 bits per heavy atom. The summed E-state index contributed by atoms with van der Waals surface area (Å²) in [4.78, 5) is 0. The summed E-state index contributed by atoms with van der Waals surface area (Å²) in [6, 6.07) is 4.55. The third kappa shape index (κ3) is 1.50. The summed E-state index contributed by atoms with van der Waals surface area (Å²) in [6.45, 7) is 0. The highest BCUT2D eigenvalue weighted by atomic mass is 16.3. The zero-order valence-corrected chi connectivity index (χ0v) is 9.13. The Labute approximate surface area is 91.1 Å². The molecule has 0 radical (unpaired) electrons. The fourth-order valence-corrected chi connectivity index (χ4v) is 3.17. The number of benzene rings is 1. The van der Waals surface area contributed by atoms with Crippen LogP contribution < -0.4 is 0 Å². The van der Waals surface area contributed by atoms with Crippen LogP contribution in [-0.4, -0.2) is 5.11 Å². The lowest BCUT2D eigenvalue weighted by molar-refractivity contribution is 0.155. The van der Waals surface area contributed by atoms with Crippen LogP contribution in [0.15, 0.2) is 12.1 Å². The van der Waals surface area contributed by atoms with Gasteiger partial charge in [0.05, 0.1) is 6.10 Å². The van der Waals surface area contributed by atoms with Crippen molar-refractivity contribution >= 4 is 0 Å². The van der Waals surface area contributed by atoms with Gasteiger partial charge in [-0.3, -0.25) is 0 Å². The zero-order chi connectivity index (χ0) is 10.3. The van der Waals surface area contributed by atoms with E-state index in [1.165, 1.54) is 54.4 Å². The van der Waals surface area contributed by atoms with Crippen LogP contribution in [0.3, 0.4) is 0 Å². The molecule has 0 aliphatic heterocycles. The molecule has 0 spiro atoms. The molecule has 1 aromatic carbocycles. The fraction of sp³-hybridized carbons (Fsp3) is 0.571. The van der Waals surface area contributed by atoms with Crippen LogP contribution in [0.2, 0.25) is 0 Å². The first-order valence-corrected chi connectivity index (χ1v) is 6.18. The summed E-state index contributed by atoms with van der Waals surface area (Å²) in [6.07, 6.45) is 8.13. The van der Waals surface area contributed by atoms with E-state index in [9.17, 15) is 5.11 Å². The van der Waals surface area contributed by atoms with Gasteiger partial charge in [-0.2, -0.15) is 0 Å². The molecule has 2 aliphatic rings. The number of hydrogen-bond acceptors (Lipinski definition) is 1. The minimum Gasteiger partial charge on any atom is -0.388 e. The third-order valence-electron chi connectivity index (χ3n) is 3.92. The first kappa shape index (κ1) is 9.41. The fourth-order valence-electron chi connectivity index (χ4n) is 3.17. The van der Waals surface area contributed by atoms with Gasteiger partial charge >= 0.3 is 0 Å². The summed E-state index contributed by atoms with van der Waals surface area (Å²) in [5, 5.41) is 10.1. The van der Waals surface area contributed by atoms with Crippen LogP contribution in [0.1, 0.15) is 54.0 Å². The second kappa shape index (κ2) is 3.64. The second-order valence-corrected chi connectivity index (χ2v) is 4.89. The van der Waals surface area contributed by atoms with Crippen LogP contribution in [-0.2, 0) is 19.3 Å². The van der Waals surface area contributed by atoms with E-state index in [1.54, 1.807) is 0 Å². The summed E-state index contributed by atoms with van der Waals surface area (Å²) in [5.41, 5.74) is 5.71. The van der Waals surface area contributed by atoms with E-state index in [0.717, 1.165) is 12.8 Å². The molecule has 0 fully saturated rings. The van der Waals surface area contributed by atoms with Crippen LogP contribution >= 0.6 is 0 Å². The normalized spacial score (nSPS) is 24.5. The van der Waals surface area contributed by atoms with Crippen molar-refractivity contribution in [2.24, 2.45) is 0 Å². The molecule has 0 saturated carbocycles. The Balaban J connectivity index is 2.15. The maximum Gasteiger partial charge on any atom is 0.0795 e. The van der Waals surface area contributed by atoms with Gasteiger partial charge in [0.15, 0.2) is 0 Å². The number of aryl methyl sites for hydroxylation is 2. The Kier molecular flexibility index (Phi) is 2.28. The van der Waals surface area contributed by atoms with Crippen molar-refractivity contribution in [3.63, 3.8) is 0 Å². The summed E-state index contributed by atoms with van der Waals surface area (Å²) >= 11 is 0. The molecule has 0 heterocycles. The lowest BCUT2D eigenvalue weighted by Gasteiger charge is -2.28. The first-order valence-electron chi connectivity index (χ1n) is 6.18. The molecule has 80 valence electrons. The Hall–Kier alpha value is -0.820. The maximum absolute atomic E-state index is 10.1. The monoisotopic (exact) mass is 202 g/mol. The van der Waals surface area contributed by atoms with Crippen LogP contribution in [0, 0.1) is 0 Å². The van der Waals surface area contributed by atoms with Gasteiger partial charge in [-0.1, -0.05) is 12.1 Å². The third-order valence-corrected chi connectivity index (χ3v) is 3.92. The van der Waals surface area contributed by atoms with E-state index in [1.807, 2.05) is 0 Å². The summed E-state index contributed by atoms with van der Waals surface area (Å²) < 4.78 is 0. The Bertz CT molecular complexity index is 381. The molecule has 1 N–H and O–H groups in total. The molecule has 0 saturated heterocycles. The van der Waals surface area contributed by atoms with Gasteiger partial charge in [-0.15, -0.1) is 0 Å². The standard InChI is InChI=1S/C14H18O/c15-13-7-3-5-11-9-8-10-4-1-2-6-12(10)14(11)13/h8-9,13,15H,1-7H2. The lowest BCUT2D eigenvalue weighted by atomic mass is 9.79. The number of aliphatic hydroxyl groups excluding tert-OH is 1. The largest absolute Gasteiger partial charge is 0.388 e. The van der Waals surface area contributed by atoms with Gasteiger partial charge in [0.2, 0.25) is 0 Å².